The fraction of sp³-hybridized carbons (Fsp3) is 0.953. The molecule has 0 radical (unpaired) electrons. The number of carbonyl (C=O) groups is 4. The molecule has 3 unspecified atom stereocenters. The number of esters is 4. The van der Waals surface area contributed by atoms with Gasteiger partial charge in [-0.25, -0.2) is 9.13 Å². The van der Waals surface area contributed by atoms with Crippen LogP contribution in [0.2, 0.25) is 0 Å². The summed E-state index contributed by atoms with van der Waals surface area (Å²) in [6, 6.07) is 0. The molecule has 0 aromatic heterocycles. The van der Waals surface area contributed by atoms with Gasteiger partial charge in [-0.2, -0.15) is 0 Å². The predicted octanol–water partition coefficient (Wildman–Crippen LogP) is 25.7. The van der Waals surface area contributed by atoms with Crippen LogP contribution < -0.4 is 0 Å². The van der Waals surface area contributed by atoms with Crippen LogP contribution in [0.5, 0.6) is 0 Å². The lowest BCUT2D eigenvalue weighted by atomic mass is 9.99. The molecule has 618 valence electrons. The van der Waals surface area contributed by atoms with Gasteiger partial charge in [0.1, 0.15) is 19.3 Å². The normalized spacial score (nSPS) is 14.2. The van der Waals surface area contributed by atoms with Crippen LogP contribution in [0.4, 0.5) is 0 Å². The van der Waals surface area contributed by atoms with Gasteiger partial charge in [0.15, 0.2) is 12.2 Å². The Bertz CT molecular complexity index is 2010. The molecule has 0 aromatic carbocycles. The van der Waals surface area contributed by atoms with Gasteiger partial charge in [0, 0.05) is 25.7 Å². The first kappa shape index (κ1) is 102. The molecule has 0 saturated heterocycles. The third-order valence-electron chi connectivity index (χ3n) is 20.2. The minimum atomic E-state index is -4.96. The van der Waals surface area contributed by atoms with Gasteiger partial charge in [-0.15, -0.1) is 0 Å². The van der Waals surface area contributed by atoms with E-state index in [2.05, 4.69) is 48.5 Å². The van der Waals surface area contributed by atoms with Gasteiger partial charge in [-0.1, -0.05) is 395 Å². The first-order chi connectivity index (χ1) is 50.3. The Hall–Kier alpha value is -1.94. The molecule has 0 aliphatic rings. The van der Waals surface area contributed by atoms with E-state index >= 15 is 0 Å². The van der Waals surface area contributed by atoms with Gasteiger partial charge < -0.3 is 33.8 Å². The van der Waals surface area contributed by atoms with Crippen LogP contribution in [0.1, 0.15) is 447 Å². The molecular weight excluding hydrogens is 1350 g/mol. The summed E-state index contributed by atoms with van der Waals surface area (Å²) in [5, 5.41) is 10.7. The standard InChI is InChI=1S/C85H166O17P2/c1-8-10-11-12-13-45-52-59-66-82(87)95-72-80(101-84(89)69-62-55-48-41-35-29-22-20-25-31-37-43-50-57-64-77(5)6)74-99-103(91,92)97-70-79(86)71-98-104(93,94)100-75-81(73-96-83(88)67-60-53-46-39-33-27-23-21-26-32-38-44-51-58-65-78(7)9-2)102-85(90)68-61-54-47-40-34-28-19-17-15-14-16-18-24-30-36-42-49-56-63-76(3)4/h76-81,86H,8-75H2,1-7H3,(H,91,92)(H,93,94)/t78?,79-,80+,81+/m0/s1. The van der Waals surface area contributed by atoms with E-state index in [1.165, 1.54) is 250 Å². The van der Waals surface area contributed by atoms with Crippen LogP contribution in [0.25, 0.3) is 0 Å². The minimum Gasteiger partial charge on any atom is -0.462 e. The van der Waals surface area contributed by atoms with Crippen molar-refractivity contribution >= 4 is 39.5 Å². The van der Waals surface area contributed by atoms with Crippen molar-refractivity contribution < 1.29 is 80.2 Å². The second-order valence-electron chi connectivity index (χ2n) is 31.8. The molecule has 0 bridgehead atoms. The highest BCUT2D eigenvalue weighted by atomic mass is 31.2. The minimum absolute atomic E-state index is 0.107. The first-order valence-corrected chi connectivity index (χ1v) is 46.9. The van der Waals surface area contributed by atoms with E-state index in [0.717, 1.165) is 114 Å². The molecule has 0 aliphatic heterocycles. The van der Waals surface area contributed by atoms with E-state index in [1.54, 1.807) is 0 Å². The Kier molecular flexibility index (Phi) is 73.7. The average molecular weight is 1520 g/mol. The Balaban J connectivity index is 5.19. The van der Waals surface area contributed by atoms with Gasteiger partial charge in [0.05, 0.1) is 26.4 Å². The van der Waals surface area contributed by atoms with Gasteiger partial charge in [0.25, 0.3) is 0 Å². The molecule has 0 saturated carbocycles. The first-order valence-electron chi connectivity index (χ1n) is 43.9. The number of hydrogen-bond donors (Lipinski definition) is 3. The van der Waals surface area contributed by atoms with Gasteiger partial charge in [0.2, 0.25) is 0 Å². The third-order valence-corrected chi connectivity index (χ3v) is 22.1. The highest BCUT2D eigenvalue weighted by molar-refractivity contribution is 7.47. The van der Waals surface area contributed by atoms with E-state index in [-0.39, 0.29) is 25.7 Å². The predicted molar refractivity (Wildman–Crippen MR) is 428 cm³/mol. The van der Waals surface area contributed by atoms with Crippen LogP contribution in [0, 0.1) is 17.8 Å². The molecule has 0 aromatic rings. The van der Waals surface area contributed by atoms with Crippen molar-refractivity contribution in [2.24, 2.45) is 17.8 Å². The summed E-state index contributed by atoms with van der Waals surface area (Å²) in [5.74, 6) is 0.358. The van der Waals surface area contributed by atoms with E-state index < -0.39 is 97.5 Å². The number of rotatable bonds is 83. The van der Waals surface area contributed by atoms with Crippen LogP contribution in [0.3, 0.4) is 0 Å². The Morgan fingerprint density at radius 2 is 0.490 bits per heavy atom. The summed E-state index contributed by atoms with van der Waals surface area (Å²) in [6.07, 6.45) is 65.3. The quantitative estimate of drug-likeness (QED) is 0.0222. The zero-order valence-electron chi connectivity index (χ0n) is 68.5. The van der Waals surface area contributed by atoms with Crippen molar-refractivity contribution in [3.8, 4) is 0 Å². The molecule has 17 nitrogen and oxygen atoms in total. The highest BCUT2D eigenvalue weighted by Crippen LogP contribution is 2.45. The summed E-state index contributed by atoms with van der Waals surface area (Å²) < 4.78 is 68.8. The molecule has 0 aliphatic carbocycles. The number of aliphatic hydroxyl groups excluding tert-OH is 1. The molecule has 104 heavy (non-hydrogen) atoms. The van der Waals surface area contributed by atoms with Gasteiger partial charge in [-0.05, 0) is 43.4 Å². The molecular formula is C85H166O17P2. The number of carbonyl (C=O) groups excluding carboxylic acids is 4. The van der Waals surface area contributed by atoms with E-state index in [4.69, 9.17) is 37.0 Å². The monoisotopic (exact) mass is 1520 g/mol. The number of ether oxygens (including phenoxy) is 4. The summed E-state index contributed by atoms with van der Waals surface area (Å²) in [6.45, 7) is 12.1. The highest BCUT2D eigenvalue weighted by Gasteiger charge is 2.30. The number of hydrogen-bond acceptors (Lipinski definition) is 15. The summed E-state index contributed by atoms with van der Waals surface area (Å²) in [7, 11) is -9.92. The van der Waals surface area contributed by atoms with Crippen LogP contribution >= 0.6 is 15.6 Å². The Labute approximate surface area is 638 Å². The second kappa shape index (κ2) is 75.1. The second-order valence-corrected chi connectivity index (χ2v) is 34.7. The lowest BCUT2D eigenvalue weighted by Gasteiger charge is -2.21. The number of phosphoric ester groups is 2. The maximum absolute atomic E-state index is 13.1. The van der Waals surface area contributed by atoms with Crippen molar-refractivity contribution in [3.63, 3.8) is 0 Å². The third kappa shape index (κ3) is 76.8. The van der Waals surface area contributed by atoms with Crippen LogP contribution in [-0.2, 0) is 65.4 Å². The maximum atomic E-state index is 13.1. The SMILES string of the molecule is CCCCCCCCCCC(=O)OC[C@H](COP(=O)(O)OC[C@H](O)COP(=O)(O)OC[C@@H](COC(=O)CCCCCCCCCCCCCCCCC(C)CC)OC(=O)CCCCCCCCCCCCCCCCCCCCC(C)C)OC(=O)CCCCCCCCCCCCCCCCC(C)C. The van der Waals surface area contributed by atoms with Gasteiger partial charge in [-0.3, -0.25) is 37.3 Å². The largest absolute Gasteiger partial charge is 0.472 e. The number of phosphoric acid groups is 2. The lowest BCUT2D eigenvalue weighted by Crippen LogP contribution is -2.30. The Morgan fingerprint density at radius 3 is 0.731 bits per heavy atom. The maximum Gasteiger partial charge on any atom is 0.472 e. The fourth-order valence-corrected chi connectivity index (χ4v) is 14.7. The molecule has 6 atom stereocenters. The molecule has 0 fully saturated rings. The van der Waals surface area contributed by atoms with E-state index in [0.29, 0.717) is 25.7 Å². The van der Waals surface area contributed by atoms with E-state index in [1.807, 2.05) is 0 Å². The van der Waals surface area contributed by atoms with Crippen molar-refractivity contribution in [2.75, 3.05) is 39.6 Å². The smallest absolute Gasteiger partial charge is 0.462 e. The molecule has 0 rings (SSSR count). The molecule has 3 N–H and O–H groups in total. The summed E-state index contributed by atoms with van der Waals surface area (Å²) in [4.78, 5) is 73.1. The van der Waals surface area contributed by atoms with Crippen molar-refractivity contribution in [1.29, 1.82) is 0 Å². The van der Waals surface area contributed by atoms with Crippen molar-refractivity contribution in [1.82, 2.24) is 0 Å². The number of aliphatic hydroxyl groups is 1. The lowest BCUT2D eigenvalue weighted by molar-refractivity contribution is -0.161. The fourth-order valence-electron chi connectivity index (χ4n) is 13.2. The zero-order chi connectivity index (χ0) is 76.5. The average Bonchev–Trinajstić information content (AvgIpc) is 0.909. The molecule has 19 heteroatoms. The van der Waals surface area contributed by atoms with Crippen LogP contribution in [0.15, 0.2) is 0 Å². The van der Waals surface area contributed by atoms with Gasteiger partial charge >= 0.3 is 39.5 Å². The molecule has 0 spiro atoms. The molecule has 0 heterocycles. The summed E-state index contributed by atoms with van der Waals surface area (Å²) in [5.41, 5.74) is 0. The summed E-state index contributed by atoms with van der Waals surface area (Å²) >= 11 is 0. The van der Waals surface area contributed by atoms with Crippen molar-refractivity contribution in [2.45, 2.75) is 465 Å². The number of unbranched alkanes of at least 4 members (excludes halogenated alkanes) is 50. The van der Waals surface area contributed by atoms with E-state index in [9.17, 15) is 43.2 Å². The van der Waals surface area contributed by atoms with Crippen molar-refractivity contribution in [3.05, 3.63) is 0 Å². The topological polar surface area (TPSA) is 237 Å². The molecule has 0 amide bonds. The zero-order valence-corrected chi connectivity index (χ0v) is 70.3. The Morgan fingerprint density at radius 1 is 0.279 bits per heavy atom. The van der Waals surface area contributed by atoms with Crippen LogP contribution in [-0.4, -0.2) is 96.7 Å².